The molecule has 2 N–H and O–H groups in total. The number of carbonyl (C=O) groups excluding carboxylic acids is 1. The van der Waals surface area contributed by atoms with E-state index in [-0.39, 0.29) is 35.1 Å². The van der Waals surface area contributed by atoms with Crippen LogP contribution >= 0.6 is 0 Å². The van der Waals surface area contributed by atoms with Crippen molar-refractivity contribution < 1.29 is 19.8 Å². The third kappa shape index (κ3) is 1.89. The topological polar surface area (TPSA) is 74.6 Å². The van der Waals surface area contributed by atoms with Crippen molar-refractivity contribution in [3.63, 3.8) is 0 Å². The SMILES string of the molecule is C[C@]12CCC(=O)[C@](C)(CO)[C@@H]1CC[C@@]13C[C@@H](CC[C@@H]12)[C@@H](C(=O)O)C3. The Balaban J connectivity index is 1.71. The van der Waals surface area contributed by atoms with Gasteiger partial charge in [-0.05, 0) is 73.5 Å². The quantitative estimate of drug-likeness (QED) is 0.813. The smallest absolute Gasteiger partial charge is 0.306 e. The molecule has 0 unspecified atom stereocenters. The zero-order chi connectivity index (χ0) is 17.3. The van der Waals surface area contributed by atoms with E-state index in [2.05, 4.69) is 6.92 Å². The van der Waals surface area contributed by atoms with Gasteiger partial charge in [-0.25, -0.2) is 0 Å². The first kappa shape index (κ1) is 16.6. The Kier molecular flexibility index (Phi) is 3.49. The zero-order valence-corrected chi connectivity index (χ0v) is 14.9. The molecule has 0 aromatic carbocycles. The van der Waals surface area contributed by atoms with Crippen molar-refractivity contribution in [3.8, 4) is 0 Å². The molecule has 134 valence electrons. The van der Waals surface area contributed by atoms with Crippen molar-refractivity contribution in [1.82, 2.24) is 0 Å². The molecular weight excluding hydrogens is 304 g/mol. The van der Waals surface area contributed by atoms with Gasteiger partial charge in [-0.1, -0.05) is 13.8 Å². The van der Waals surface area contributed by atoms with Crippen LogP contribution in [0.15, 0.2) is 0 Å². The molecule has 4 fully saturated rings. The van der Waals surface area contributed by atoms with Crippen molar-refractivity contribution >= 4 is 11.8 Å². The molecule has 4 heteroatoms. The van der Waals surface area contributed by atoms with Gasteiger partial charge in [0, 0.05) is 6.42 Å². The average molecular weight is 334 g/mol. The van der Waals surface area contributed by atoms with Crippen LogP contribution in [0, 0.1) is 39.9 Å². The van der Waals surface area contributed by atoms with Gasteiger partial charge < -0.3 is 10.2 Å². The molecule has 4 aliphatic rings. The summed E-state index contributed by atoms with van der Waals surface area (Å²) < 4.78 is 0. The maximum atomic E-state index is 12.6. The largest absolute Gasteiger partial charge is 0.481 e. The van der Waals surface area contributed by atoms with Crippen LogP contribution in [0.2, 0.25) is 0 Å². The number of Topliss-reactive ketones (excluding diaryl/α,β-unsaturated/α-hetero) is 1. The molecule has 0 heterocycles. The fraction of sp³-hybridized carbons (Fsp3) is 0.900. The molecule has 0 amide bonds. The number of aliphatic carboxylic acids is 1. The van der Waals surface area contributed by atoms with Crippen LogP contribution < -0.4 is 0 Å². The normalized spacial score (nSPS) is 53.4. The zero-order valence-electron chi connectivity index (χ0n) is 14.9. The summed E-state index contributed by atoms with van der Waals surface area (Å²) in [6, 6.07) is 0. The van der Waals surface area contributed by atoms with Crippen LogP contribution in [-0.4, -0.2) is 28.6 Å². The summed E-state index contributed by atoms with van der Waals surface area (Å²) in [5.74, 6) is 0.573. The van der Waals surface area contributed by atoms with E-state index >= 15 is 0 Å². The molecule has 4 nitrogen and oxygen atoms in total. The Morgan fingerprint density at radius 3 is 2.54 bits per heavy atom. The molecule has 2 bridgehead atoms. The fourth-order valence-electron chi connectivity index (χ4n) is 7.78. The minimum atomic E-state index is -0.608. The average Bonchev–Trinajstić information content (AvgIpc) is 2.82. The Morgan fingerprint density at radius 1 is 1.12 bits per heavy atom. The number of hydrogen-bond donors (Lipinski definition) is 2. The van der Waals surface area contributed by atoms with Crippen molar-refractivity contribution in [3.05, 3.63) is 0 Å². The minimum absolute atomic E-state index is 0.0494. The third-order valence-corrected chi connectivity index (χ3v) is 8.89. The van der Waals surface area contributed by atoms with Crippen molar-refractivity contribution in [1.29, 1.82) is 0 Å². The second-order valence-corrected chi connectivity index (χ2v) is 9.70. The van der Waals surface area contributed by atoms with Gasteiger partial charge in [0.15, 0.2) is 0 Å². The summed E-state index contributed by atoms with van der Waals surface area (Å²) >= 11 is 0. The molecule has 1 spiro atoms. The van der Waals surface area contributed by atoms with E-state index < -0.39 is 11.4 Å². The number of fused-ring (bicyclic) bond motifs is 3. The van der Waals surface area contributed by atoms with Crippen molar-refractivity contribution in [2.24, 2.45) is 39.9 Å². The second kappa shape index (κ2) is 5.06. The van der Waals surface area contributed by atoms with Gasteiger partial charge in [-0.2, -0.15) is 0 Å². The number of carboxylic acid groups (broad SMARTS) is 1. The van der Waals surface area contributed by atoms with E-state index in [4.69, 9.17) is 0 Å². The van der Waals surface area contributed by atoms with Crippen molar-refractivity contribution in [2.75, 3.05) is 6.61 Å². The Bertz CT molecular complexity index is 586. The predicted octanol–water partition coefficient (Wildman–Crippen LogP) is 3.27. The highest BCUT2D eigenvalue weighted by Crippen LogP contribution is 2.71. The lowest BCUT2D eigenvalue weighted by molar-refractivity contribution is -0.173. The third-order valence-electron chi connectivity index (χ3n) is 8.89. The molecule has 7 atom stereocenters. The molecule has 0 saturated heterocycles. The van der Waals surface area contributed by atoms with E-state index in [9.17, 15) is 19.8 Å². The summed E-state index contributed by atoms with van der Waals surface area (Å²) in [7, 11) is 0. The summed E-state index contributed by atoms with van der Waals surface area (Å²) in [6.45, 7) is 4.26. The van der Waals surface area contributed by atoms with E-state index in [0.29, 0.717) is 18.3 Å². The summed E-state index contributed by atoms with van der Waals surface area (Å²) in [4.78, 5) is 24.3. The van der Waals surface area contributed by atoms with Gasteiger partial charge in [0.25, 0.3) is 0 Å². The van der Waals surface area contributed by atoms with Gasteiger partial charge in [-0.15, -0.1) is 0 Å². The highest BCUT2D eigenvalue weighted by Gasteiger charge is 2.66. The highest BCUT2D eigenvalue weighted by atomic mass is 16.4. The number of aliphatic hydroxyl groups excluding tert-OH is 1. The molecule has 0 radical (unpaired) electrons. The minimum Gasteiger partial charge on any atom is -0.481 e. The molecule has 4 aliphatic carbocycles. The summed E-state index contributed by atoms with van der Waals surface area (Å²) in [6.07, 6.45) is 7.54. The number of hydrogen-bond acceptors (Lipinski definition) is 3. The summed E-state index contributed by atoms with van der Waals surface area (Å²) in [5, 5.41) is 19.6. The van der Waals surface area contributed by atoms with Gasteiger partial charge in [0.1, 0.15) is 5.78 Å². The van der Waals surface area contributed by atoms with E-state index in [1.54, 1.807) is 0 Å². The second-order valence-electron chi connectivity index (χ2n) is 9.70. The molecule has 0 aromatic rings. The first-order valence-corrected chi connectivity index (χ1v) is 9.64. The maximum Gasteiger partial charge on any atom is 0.306 e. The van der Waals surface area contributed by atoms with Gasteiger partial charge in [0.2, 0.25) is 0 Å². The molecule has 4 rings (SSSR count). The lowest BCUT2D eigenvalue weighted by Gasteiger charge is -2.63. The van der Waals surface area contributed by atoms with E-state index in [1.807, 2.05) is 6.92 Å². The standard InChI is InChI=1S/C20H30O4/c1-18-7-6-16(22)19(2,11-21)14(18)5-8-20-9-12(3-4-15(18)20)13(10-20)17(23)24/h12-15,21H,3-11H2,1-2H3,(H,23,24)/t12-,13+,14-,15-,18+,19-,20+/m1/s1. The molecule has 0 aliphatic heterocycles. The Labute approximate surface area is 144 Å². The highest BCUT2D eigenvalue weighted by molar-refractivity contribution is 5.86. The van der Waals surface area contributed by atoms with Crippen LogP contribution in [-0.2, 0) is 9.59 Å². The van der Waals surface area contributed by atoms with Crippen LogP contribution in [0.5, 0.6) is 0 Å². The van der Waals surface area contributed by atoms with E-state index in [1.165, 1.54) is 0 Å². The van der Waals surface area contributed by atoms with Crippen LogP contribution in [0.25, 0.3) is 0 Å². The fourth-order valence-corrected chi connectivity index (χ4v) is 7.78. The van der Waals surface area contributed by atoms with Gasteiger partial charge in [0.05, 0.1) is 17.9 Å². The van der Waals surface area contributed by atoms with Crippen LogP contribution in [0.4, 0.5) is 0 Å². The molecular formula is C20H30O4. The van der Waals surface area contributed by atoms with E-state index in [0.717, 1.165) is 44.9 Å². The van der Waals surface area contributed by atoms with Crippen molar-refractivity contribution in [2.45, 2.75) is 65.2 Å². The number of carbonyl (C=O) groups is 2. The maximum absolute atomic E-state index is 12.6. The monoisotopic (exact) mass is 334 g/mol. The first-order valence-electron chi connectivity index (χ1n) is 9.64. The van der Waals surface area contributed by atoms with Gasteiger partial charge >= 0.3 is 5.97 Å². The van der Waals surface area contributed by atoms with Gasteiger partial charge in [-0.3, -0.25) is 9.59 Å². The lowest BCUT2D eigenvalue weighted by atomic mass is 9.41. The Hall–Kier alpha value is -0.900. The first-order chi connectivity index (χ1) is 11.3. The van der Waals surface area contributed by atoms with Crippen LogP contribution in [0.1, 0.15) is 65.2 Å². The summed E-state index contributed by atoms with van der Waals surface area (Å²) in [5.41, 5.74) is -0.355. The van der Waals surface area contributed by atoms with Crippen LogP contribution in [0.3, 0.4) is 0 Å². The number of ketones is 1. The predicted molar refractivity (Wildman–Crippen MR) is 89.3 cm³/mol. The molecule has 4 saturated carbocycles. The number of rotatable bonds is 2. The molecule has 0 aromatic heterocycles. The Morgan fingerprint density at radius 2 is 1.88 bits per heavy atom. The lowest BCUT2D eigenvalue weighted by Crippen LogP contribution is -2.60. The number of carboxylic acids is 1. The number of aliphatic hydroxyl groups is 1. The molecule has 24 heavy (non-hydrogen) atoms.